The Morgan fingerprint density at radius 3 is 1.61 bits per heavy atom. The maximum Gasteiger partial charge on any atom is 0.573 e. The van der Waals surface area contributed by atoms with Crippen LogP contribution in [0.1, 0.15) is 0 Å². The van der Waals surface area contributed by atoms with Gasteiger partial charge in [-0.2, -0.15) is 0 Å². The second-order valence-electron chi connectivity index (χ2n) is 5.96. The molecule has 162 valence electrons. The second kappa shape index (κ2) is 8.13. The van der Waals surface area contributed by atoms with Crippen LogP contribution in [0, 0.1) is 10.1 Å². The van der Waals surface area contributed by atoms with Gasteiger partial charge in [0.05, 0.1) is 10.5 Å². The van der Waals surface area contributed by atoms with Crippen LogP contribution in [0.2, 0.25) is 0 Å². The average Bonchev–Trinajstić information content (AvgIpc) is 2.66. The van der Waals surface area contributed by atoms with Crippen LogP contribution >= 0.6 is 0 Å². The number of nitrogens with zero attached hydrogens (tertiary/aromatic N) is 2. The quantitative estimate of drug-likeness (QED) is 0.269. The average molecular weight is 444 g/mol. The van der Waals surface area contributed by atoms with E-state index in [1.54, 1.807) is 0 Å². The third-order valence-electron chi connectivity index (χ3n) is 3.87. The van der Waals surface area contributed by atoms with Crippen LogP contribution in [-0.2, 0) is 0 Å². The van der Waals surface area contributed by atoms with Crippen LogP contribution in [-0.4, -0.2) is 22.6 Å². The summed E-state index contributed by atoms with van der Waals surface area (Å²) in [6, 6.07) is 9.98. The third kappa shape index (κ3) is 5.62. The van der Waals surface area contributed by atoms with Crippen molar-refractivity contribution in [2.45, 2.75) is 12.7 Å². The van der Waals surface area contributed by atoms with Crippen molar-refractivity contribution < 1.29 is 40.7 Å². The van der Waals surface area contributed by atoms with Crippen molar-refractivity contribution in [2.75, 3.05) is 0 Å². The van der Waals surface area contributed by atoms with Gasteiger partial charge in [0.1, 0.15) is 17.2 Å². The number of rotatable bonds is 5. The number of aromatic nitrogens is 1. The van der Waals surface area contributed by atoms with Crippen molar-refractivity contribution >= 4 is 5.69 Å². The van der Waals surface area contributed by atoms with Gasteiger partial charge in [-0.25, -0.2) is 4.98 Å². The lowest BCUT2D eigenvalue weighted by atomic mass is 10.0. The smallest absolute Gasteiger partial charge is 0.406 e. The largest absolute Gasteiger partial charge is 0.573 e. The van der Waals surface area contributed by atoms with Gasteiger partial charge in [-0.15, -0.1) is 26.3 Å². The fourth-order valence-corrected chi connectivity index (χ4v) is 2.73. The molecule has 0 atom stereocenters. The third-order valence-corrected chi connectivity index (χ3v) is 3.87. The summed E-state index contributed by atoms with van der Waals surface area (Å²) in [5.41, 5.74) is -0.223. The molecule has 31 heavy (non-hydrogen) atoms. The first-order valence-electron chi connectivity index (χ1n) is 8.29. The van der Waals surface area contributed by atoms with Crippen LogP contribution in [0.15, 0.2) is 60.8 Å². The van der Waals surface area contributed by atoms with Gasteiger partial charge in [0.2, 0.25) is 0 Å². The molecule has 0 aliphatic heterocycles. The lowest BCUT2D eigenvalue weighted by molar-refractivity contribution is -0.383. The molecular weight excluding hydrogens is 434 g/mol. The number of hydrogen-bond acceptors (Lipinski definition) is 5. The Kier molecular flexibility index (Phi) is 5.73. The van der Waals surface area contributed by atoms with Gasteiger partial charge >= 0.3 is 18.4 Å². The first-order valence-corrected chi connectivity index (χ1v) is 8.29. The summed E-state index contributed by atoms with van der Waals surface area (Å²) in [4.78, 5) is 14.9. The Labute approximate surface area is 169 Å². The summed E-state index contributed by atoms with van der Waals surface area (Å²) in [5, 5.41) is 11.7. The molecule has 12 heteroatoms. The maximum absolute atomic E-state index is 12.3. The molecule has 0 aliphatic rings. The SMILES string of the molecule is O=[N+]([O-])c1c(-c2ccc(OC(F)(F)F)cc2)ccnc1-c1ccc(OC(F)(F)F)cc1. The minimum Gasteiger partial charge on any atom is -0.406 e. The molecule has 0 saturated heterocycles. The summed E-state index contributed by atoms with van der Waals surface area (Å²) in [6.45, 7) is 0. The van der Waals surface area contributed by atoms with Gasteiger partial charge in [0, 0.05) is 11.8 Å². The van der Waals surface area contributed by atoms with E-state index in [1.807, 2.05) is 0 Å². The van der Waals surface area contributed by atoms with Crippen LogP contribution in [0.4, 0.5) is 32.0 Å². The number of ether oxygens (including phenoxy) is 2. The number of nitro groups is 1. The zero-order chi connectivity index (χ0) is 22.8. The van der Waals surface area contributed by atoms with Crippen molar-refractivity contribution in [1.82, 2.24) is 4.98 Å². The molecule has 0 bridgehead atoms. The molecule has 0 radical (unpaired) electrons. The van der Waals surface area contributed by atoms with E-state index in [9.17, 15) is 36.5 Å². The van der Waals surface area contributed by atoms with E-state index >= 15 is 0 Å². The molecule has 0 unspecified atom stereocenters. The van der Waals surface area contributed by atoms with Gasteiger partial charge in [-0.3, -0.25) is 10.1 Å². The van der Waals surface area contributed by atoms with Crippen LogP contribution in [0.3, 0.4) is 0 Å². The van der Waals surface area contributed by atoms with E-state index < -0.39 is 34.8 Å². The van der Waals surface area contributed by atoms with E-state index in [1.165, 1.54) is 36.5 Å². The predicted octanol–water partition coefficient (Wildman–Crippen LogP) is 6.12. The second-order valence-corrected chi connectivity index (χ2v) is 5.96. The summed E-state index contributed by atoms with van der Waals surface area (Å²) in [6.07, 6.45) is -8.55. The molecule has 0 N–H and O–H groups in total. The maximum atomic E-state index is 12.3. The molecule has 1 heterocycles. The van der Waals surface area contributed by atoms with E-state index in [-0.39, 0.29) is 22.4 Å². The van der Waals surface area contributed by atoms with Gasteiger partial charge in [-0.05, 0) is 48.0 Å². The zero-order valence-corrected chi connectivity index (χ0v) is 15.1. The molecule has 0 spiro atoms. The zero-order valence-electron chi connectivity index (χ0n) is 15.1. The van der Waals surface area contributed by atoms with E-state index in [4.69, 9.17) is 0 Å². The topological polar surface area (TPSA) is 74.5 Å². The van der Waals surface area contributed by atoms with Gasteiger partial charge in [0.15, 0.2) is 0 Å². The Morgan fingerprint density at radius 1 is 0.742 bits per heavy atom. The number of halogens is 6. The minimum absolute atomic E-state index is 0.0455. The fourth-order valence-electron chi connectivity index (χ4n) is 2.73. The molecule has 0 aliphatic carbocycles. The van der Waals surface area contributed by atoms with Crippen molar-refractivity contribution in [1.29, 1.82) is 0 Å². The Balaban J connectivity index is 2.00. The highest BCUT2D eigenvalue weighted by atomic mass is 19.4. The molecule has 6 nitrogen and oxygen atoms in total. The van der Waals surface area contributed by atoms with Crippen molar-refractivity contribution in [3.63, 3.8) is 0 Å². The van der Waals surface area contributed by atoms with Crippen molar-refractivity contribution in [2.24, 2.45) is 0 Å². The Hall–Kier alpha value is -3.83. The normalized spacial score (nSPS) is 11.8. The Morgan fingerprint density at radius 2 is 1.19 bits per heavy atom. The highest BCUT2D eigenvalue weighted by Gasteiger charge is 2.32. The standard InChI is InChI=1S/C19H10F6N2O4/c20-18(21,22)30-13-5-1-11(2-6-13)15-9-10-26-16(17(15)27(28)29)12-3-7-14(8-4-12)31-19(23,24)25/h1-10H. The molecule has 1 aromatic heterocycles. The van der Waals surface area contributed by atoms with E-state index in [0.717, 1.165) is 24.3 Å². The molecular formula is C19H10F6N2O4. The van der Waals surface area contributed by atoms with Crippen LogP contribution in [0.25, 0.3) is 22.4 Å². The first-order chi connectivity index (χ1) is 14.4. The van der Waals surface area contributed by atoms with Crippen LogP contribution in [0.5, 0.6) is 11.5 Å². The monoisotopic (exact) mass is 444 g/mol. The van der Waals surface area contributed by atoms with Gasteiger partial charge in [-0.1, -0.05) is 12.1 Å². The van der Waals surface area contributed by atoms with Gasteiger partial charge in [0.25, 0.3) is 0 Å². The lowest BCUT2D eigenvalue weighted by Gasteiger charge is -2.11. The predicted molar refractivity (Wildman–Crippen MR) is 95.1 cm³/mol. The minimum atomic E-state index is -4.90. The first kappa shape index (κ1) is 21.9. The summed E-state index contributed by atoms with van der Waals surface area (Å²) in [7, 11) is 0. The number of benzene rings is 2. The van der Waals surface area contributed by atoms with Crippen molar-refractivity contribution in [3.05, 3.63) is 70.9 Å². The molecule has 2 aromatic carbocycles. The molecule has 0 saturated carbocycles. The molecule has 0 amide bonds. The van der Waals surface area contributed by atoms with Gasteiger partial charge < -0.3 is 9.47 Å². The van der Waals surface area contributed by atoms with Crippen LogP contribution < -0.4 is 9.47 Å². The number of hydrogen-bond donors (Lipinski definition) is 0. The summed E-state index contributed by atoms with van der Waals surface area (Å²) < 4.78 is 81.3. The Bertz CT molecular complexity index is 1000. The molecule has 0 fully saturated rings. The summed E-state index contributed by atoms with van der Waals surface area (Å²) >= 11 is 0. The number of alkyl halides is 6. The fraction of sp³-hybridized carbons (Fsp3) is 0.105. The number of pyridine rings is 1. The summed E-state index contributed by atoms with van der Waals surface area (Å²) in [5.74, 6) is -1.02. The van der Waals surface area contributed by atoms with E-state index in [0.29, 0.717) is 0 Å². The molecule has 3 rings (SSSR count). The highest BCUT2D eigenvalue weighted by molar-refractivity contribution is 5.83. The highest BCUT2D eigenvalue weighted by Crippen LogP contribution is 2.38. The lowest BCUT2D eigenvalue weighted by Crippen LogP contribution is -2.16. The molecule has 3 aromatic rings. The van der Waals surface area contributed by atoms with E-state index in [2.05, 4.69) is 14.5 Å². The van der Waals surface area contributed by atoms with Crippen molar-refractivity contribution in [3.8, 4) is 33.9 Å².